The number of nitro groups is 1. The molecule has 2 aromatic rings. The fourth-order valence-corrected chi connectivity index (χ4v) is 2.38. The summed E-state index contributed by atoms with van der Waals surface area (Å²) < 4.78 is 4.83. The minimum absolute atomic E-state index is 0.137. The maximum Gasteiger partial charge on any atom is 0.341 e. The van der Waals surface area contributed by atoms with Gasteiger partial charge < -0.3 is 9.84 Å². The van der Waals surface area contributed by atoms with Crippen molar-refractivity contribution in [2.75, 3.05) is 6.79 Å². The van der Waals surface area contributed by atoms with Crippen molar-refractivity contribution < 1.29 is 44.3 Å². The van der Waals surface area contributed by atoms with Gasteiger partial charge in [-0.2, -0.15) is 4.89 Å². The molecule has 0 heterocycles. The number of aryl methyl sites for hydroxylation is 1. The Morgan fingerprint density at radius 1 is 1.03 bits per heavy atom. The lowest BCUT2D eigenvalue weighted by molar-refractivity contribution is -0.385. The summed E-state index contributed by atoms with van der Waals surface area (Å²) in [6.07, 6.45) is 0. The Labute approximate surface area is 164 Å². The van der Waals surface area contributed by atoms with Gasteiger partial charge in [0.25, 0.3) is 5.69 Å². The molecule has 11 heteroatoms. The molecule has 0 aliphatic heterocycles. The van der Waals surface area contributed by atoms with E-state index in [1.165, 1.54) is 30.3 Å². The quantitative estimate of drug-likeness (QED) is 0.150. The third kappa shape index (κ3) is 6.05. The van der Waals surface area contributed by atoms with Gasteiger partial charge in [-0.1, -0.05) is 11.6 Å². The van der Waals surface area contributed by atoms with Gasteiger partial charge in [0, 0.05) is 12.1 Å². The molecule has 0 atom stereocenters. The van der Waals surface area contributed by atoms with E-state index >= 15 is 0 Å². The summed E-state index contributed by atoms with van der Waals surface area (Å²) in [4.78, 5) is 47.2. The average Bonchev–Trinajstić information content (AvgIpc) is 2.68. The zero-order valence-corrected chi connectivity index (χ0v) is 15.2. The molecular formula is C18H17NO10. The molecule has 154 valence electrons. The largest absolute Gasteiger partial charge is 0.478 e. The predicted molar refractivity (Wildman–Crippen MR) is 94.8 cm³/mol. The Balaban J connectivity index is 1.93. The second kappa shape index (κ2) is 10.2. The first-order valence-corrected chi connectivity index (χ1v) is 8.11. The van der Waals surface area contributed by atoms with Crippen LogP contribution >= 0.6 is 0 Å². The van der Waals surface area contributed by atoms with E-state index in [1.807, 2.05) is 0 Å². The first-order valence-electron chi connectivity index (χ1n) is 8.11. The van der Waals surface area contributed by atoms with E-state index in [2.05, 4.69) is 4.89 Å². The third-order valence-electron chi connectivity index (χ3n) is 3.78. The summed E-state index contributed by atoms with van der Waals surface area (Å²) in [5.74, 6) is -2.20. The highest BCUT2D eigenvalue weighted by molar-refractivity contribution is 6.02. The molecule has 0 spiro atoms. The number of hydrogen-bond acceptors (Lipinski definition) is 9. The number of rotatable bonds is 10. The summed E-state index contributed by atoms with van der Waals surface area (Å²) in [7, 11) is 0. The van der Waals surface area contributed by atoms with Gasteiger partial charge in [0.05, 0.1) is 16.1 Å². The molecule has 2 aromatic carbocycles. The molecule has 0 saturated carbocycles. The molecule has 0 saturated heterocycles. The minimum Gasteiger partial charge on any atom is -0.478 e. The van der Waals surface area contributed by atoms with Gasteiger partial charge in [-0.05, 0) is 36.2 Å². The molecule has 0 aromatic heterocycles. The van der Waals surface area contributed by atoms with E-state index in [1.54, 1.807) is 13.0 Å². The molecule has 2 rings (SSSR count). The van der Waals surface area contributed by atoms with Crippen LogP contribution < -0.4 is 0 Å². The lowest BCUT2D eigenvalue weighted by atomic mass is 10.0. The number of non-ortho nitro benzene ring substituents is 1. The van der Waals surface area contributed by atoms with Gasteiger partial charge >= 0.3 is 11.9 Å². The zero-order valence-electron chi connectivity index (χ0n) is 15.2. The van der Waals surface area contributed by atoms with Gasteiger partial charge in [-0.3, -0.25) is 15.4 Å². The molecular weight excluding hydrogens is 390 g/mol. The number of ether oxygens (including phenoxy) is 1. The van der Waals surface area contributed by atoms with Gasteiger partial charge in [0.1, 0.15) is 13.2 Å². The highest BCUT2D eigenvalue weighted by atomic mass is 17.2. The molecule has 0 aliphatic rings. The molecule has 0 aliphatic carbocycles. The molecule has 29 heavy (non-hydrogen) atoms. The van der Waals surface area contributed by atoms with Crippen molar-refractivity contribution in [1.82, 2.24) is 0 Å². The van der Waals surface area contributed by atoms with Crippen LogP contribution in [0.1, 0.15) is 37.4 Å². The lowest BCUT2D eigenvalue weighted by Gasteiger charge is -2.10. The molecule has 11 nitrogen and oxygen atoms in total. The highest BCUT2D eigenvalue weighted by Gasteiger charge is 2.18. The number of carboxylic acids is 1. The summed E-state index contributed by atoms with van der Waals surface area (Å²) in [5.41, 5.74) is 0.852. The van der Waals surface area contributed by atoms with Crippen LogP contribution in [0.15, 0.2) is 36.4 Å². The monoisotopic (exact) mass is 407 g/mol. The van der Waals surface area contributed by atoms with Crippen molar-refractivity contribution >= 4 is 17.6 Å². The lowest BCUT2D eigenvalue weighted by Crippen LogP contribution is -2.14. The summed E-state index contributed by atoms with van der Waals surface area (Å²) in [5, 5.41) is 28.6. The second-order valence-corrected chi connectivity index (χ2v) is 5.77. The Kier molecular flexibility index (Phi) is 7.74. The Morgan fingerprint density at radius 2 is 1.79 bits per heavy atom. The van der Waals surface area contributed by atoms with Gasteiger partial charge in [0.15, 0.2) is 0 Å². The Bertz CT molecular complexity index is 912. The average molecular weight is 407 g/mol. The summed E-state index contributed by atoms with van der Waals surface area (Å²) in [6.45, 7) is 0.557. The number of benzene rings is 2. The van der Waals surface area contributed by atoms with E-state index in [0.29, 0.717) is 16.7 Å². The Morgan fingerprint density at radius 3 is 2.45 bits per heavy atom. The zero-order chi connectivity index (χ0) is 21.4. The van der Waals surface area contributed by atoms with Crippen LogP contribution in [0, 0.1) is 17.0 Å². The third-order valence-corrected chi connectivity index (χ3v) is 3.78. The summed E-state index contributed by atoms with van der Waals surface area (Å²) >= 11 is 0. The number of carbonyl (C=O) groups is 2. The predicted octanol–water partition coefficient (Wildman–Crippen LogP) is 2.85. The number of nitro benzene ring substituents is 1. The number of aromatic carboxylic acids is 1. The fraction of sp³-hybridized carbons (Fsp3) is 0.222. The number of carboxylic acid groups (broad SMARTS) is 1. The topological polar surface area (TPSA) is 155 Å². The molecule has 0 fully saturated rings. The number of nitrogens with zero attached hydrogens (tertiary/aromatic N) is 1. The molecule has 0 bridgehead atoms. The van der Waals surface area contributed by atoms with Crippen molar-refractivity contribution in [2.45, 2.75) is 20.1 Å². The van der Waals surface area contributed by atoms with Crippen LogP contribution in [0.4, 0.5) is 5.69 Å². The standard InChI is InChI=1S/C18H17NO10/c1-11-2-5-15(17(20)21)16(6-11)18(22)26-10-29-28-9-13-7-14(19(23)24)4-3-12(13)8-27-25/h2-7,25H,8-10H2,1H3,(H,20,21). The maximum atomic E-state index is 12.1. The molecule has 2 N–H and O–H groups in total. The van der Waals surface area contributed by atoms with Crippen molar-refractivity contribution in [3.8, 4) is 0 Å². The van der Waals surface area contributed by atoms with Crippen molar-refractivity contribution in [2.24, 2.45) is 0 Å². The Hall–Kier alpha value is -3.38. The van der Waals surface area contributed by atoms with Crippen molar-refractivity contribution in [3.63, 3.8) is 0 Å². The smallest absolute Gasteiger partial charge is 0.341 e. The molecule has 0 unspecified atom stereocenters. The van der Waals surface area contributed by atoms with Crippen molar-refractivity contribution in [3.05, 3.63) is 74.3 Å². The van der Waals surface area contributed by atoms with Crippen LogP contribution in [0.2, 0.25) is 0 Å². The van der Waals surface area contributed by atoms with E-state index < -0.39 is 23.7 Å². The van der Waals surface area contributed by atoms with E-state index in [4.69, 9.17) is 24.9 Å². The van der Waals surface area contributed by atoms with E-state index in [-0.39, 0.29) is 30.0 Å². The number of esters is 1. The number of hydrogen-bond donors (Lipinski definition) is 2. The SMILES string of the molecule is Cc1ccc(C(=O)O)c(C(=O)OCOOCc2cc([N+](=O)[O-])ccc2COO)c1. The van der Waals surface area contributed by atoms with Crippen molar-refractivity contribution in [1.29, 1.82) is 0 Å². The van der Waals surface area contributed by atoms with E-state index in [0.717, 1.165) is 0 Å². The van der Waals surface area contributed by atoms with Gasteiger partial charge in [-0.25, -0.2) is 19.4 Å². The van der Waals surface area contributed by atoms with Crippen LogP contribution in [-0.4, -0.2) is 34.0 Å². The van der Waals surface area contributed by atoms with Crippen LogP contribution in [0.25, 0.3) is 0 Å². The van der Waals surface area contributed by atoms with Gasteiger partial charge in [-0.15, -0.1) is 0 Å². The van der Waals surface area contributed by atoms with Crippen LogP contribution in [0.3, 0.4) is 0 Å². The molecule has 0 radical (unpaired) electrons. The van der Waals surface area contributed by atoms with Crippen LogP contribution in [0.5, 0.6) is 0 Å². The fourth-order valence-electron chi connectivity index (χ4n) is 2.38. The second-order valence-electron chi connectivity index (χ2n) is 5.77. The highest BCUT2D eigenvalue weighted by Crippen LogP contribution is 2.20. The first kappa shape index (κ1) is 21.9. The first-order chi connectivity index (χ1) is 13.8. The summed E-state index contributed by atoms with van der Waals surface area (Å²) in [6, 6.07) is 8.05. The maximum absolute atomic E-state index is 12.1. The van der Waals surface area contributed by atoms with Crippen LogP contribution in [-0.2, 0) is 32.6 Å². The van der Waals surface area contributed by atoms with Gasteiger partial charge in [0.2, 0.25) is 6.79 Å². The molecule has 0 amide bonds. The minimum atomic E-state index is -1.28. The van der Waals surface area contributed by atoms with E-state index in [9.17, 15) is 19.7 Å². The normalized spacial score (nSPS) is 10.6. The number of carbonyl (C=O) groups excluding carboxylic acids is 1.